The molecule has 0 unspecified atom stereocenters. The molecule has 1 atom stereocenters. The molecular weight excluding hydrogens is 212 g/mol. The van der Waals surface area contributed by atoms with Gasteiger partial charge in [0.2, 0.25) is 0 Å². The minimum Gasteiger partial charge on any atom is -0.464 e. The lowest BCUT2D eigenvalue weighted by Crippen LogP contribution is -2.45. The average molecular weight is 236 g/mol. The Kier molecular flexibility index (Phi) is 4.24. The quantitative estimate of drug-likeness (QED) is 0.871. The zero-order valence-electron chi connectivity index (χ0n) is 11.3. The van der Waals surface area contributed by atoms with Gasteiger partial charge in [-0.1, -0.05) is 13.3 Å². The third-order valence-corrected chi connectivity index (χ3v) is 3.67. The van der Waals surface area contributed by atoms with Gasteiger partial charge in [0, 0.05) is 26.2 Å². The fourth-order valence-electron chi connectivity index (χ4n) is 2.54. The Balaban J connectivity index is 2.15. The third kappa shape index (κ3) is 2.90. The van der Waals surface area contributed by atoms with Crippen molar-refractivity contribution in [2.75, 3.05) is 26.2 Å². The van der Waals surface area contributed by atoms with Gasteiger partial charge < -0.3 is 9.73 Å². The van der Waals surface area contributed by atoms with Crippen molar-refractivity contribution >= 4 is 0 Å². The maximum absolute atomic E-state index is 5.92. The highest BCUT2D eigenvalue weighted by Crippen LogP contribution is 2.29. The van der Waals surface area contributed by atoms with Crippen molar-refractivity contribution in [3.05, 3.63) is 23.2 Å². The van der Waals surface area contributed by atoms with Crippen LogP contribution in [0, 0.1) is 13.8 Å². The van der Waals surface area contributed by atoms with Crippen molar-refractivity contribution in [2.24, 2.45) is 0 Å². The number of nitrogens with one attached hydrogen (secondary N) is 1. The second-order valence-electron chi connectivity index (χ2n) is 4.98. The zero-order valence-corrected chi connectivity index (χ0v) is 11.3. The molecular formula is C14H24N2O. The van der Waals surface area contributed by atoms with Gasteiger partial charge in [0.1, 0.15) is 11.5 Å². The normalized spacial score (nSPS) is 19.5. The number of aryl methyl sites for hydroxylation is 2. The summed E-state index contributed by atoms with van der Waals surface area (Å²) in [6.45, 7) is 10.9. The molecule has 1 aromatic rings. The van der Waals surface area contributed by atoms with Gasteiger partial charge >= 0.3 is 0 Å². The highest BCUT2D eigenvalue weighted by molar-refractivity contribution is 5.21. The monoisotopic (exact) mass is 236 g/mol. The molecule has 2 rings (SSSR count). The summed E-state index contributed by atoms with van der Waals surface area (Å²) in [6.07, 6.45) is 2.39. The van der Waals surface area contributed by atoms with E-state index in [0.717, 1.165) is 37.7 Å². The van der Waals surface area contributed by atoms with Crippen molar-refractivity contribution < 1.29 is 4.42 Å². The van der Waals surface area contributed by atoms with E-state index < -0.39 is 0 Å². The van der Waals surface area contributed by atoms with E-state index in [1.165, 1.54) is 18.4 Å². The lowest BCUT2D eigenvalue weighted by Gasteiger charge is -2.33. The van der Waals surface area contributed by atoms with Gasteiger partial charge in [-0.2, -0.15) is 0 Å². The second-order valence-corrected chi connectivity index (χ2v) is 4.98. The van der Waals surface area contributed by atoms with Crippen molar-refractivity contribution in [1.82, 2.24) is 10.2 Å². The predicted octanol–water partition coefficient (Wildman–Crippen LogP) is 2.64. The molecule has 96 valence electrons. The smallest absolute Gasteiger partial charge is 0.121 e. The molecule has 17 heavy (non-hydrogen) atoms. The number of nitrogens with zero attached hydrogens (tertiary/aromatic N) is 1. The van der Waals surface area contributed by atoms with E-state index in [1.54, 1.807) is 0 Å². The van der Waals surface area contributed by atoms with Crippen LogP contribution in [0.4, 0.5) is 0 Å². The first-order valence-corrected chi connectivity index (χ1v) is 6.74. The molecule has 0 saturated carbocycles. The van der Waals surface area contributed by atoms with Crippen LogP contribution in [0.25, 0.3) is 0 Å². The SMILES string of the molecule is CCC[C@H](c1cc(C)c(C)o1)N1CCNCC1. The Hall–Kier alpha value is -0.800. The van der Waals surface area contributed by atoms with Gasteiger partial charge in [-0.25, -0.2) is 0 Å². The fraction of sp³-hybridized carbons (Fsp3) is 0.714. The van der Waals surface area contributed by atoms with Crippen LogP contribution in [0.2, 0.25) is 0 Å². The Morgan fingerprint density at radius 3 is 2.59 bits per heavy atom. The largest absolute Gasteiger partial charge is 0.464 e. The van der Waals surface area contributed by atoms with Gasteiger partial charge in [0.05, 0.1) is 6.04 Å². The topological polar surface area (TPSA) is 28.4 Å². The molecule has 1 aliphatic heterocycles. The molecule has 1 saturated heterocycles. The molecule has 0 spiro atoms. The number of hydrogen-bond donors (Lipinski definition) is 1. The molecule has 0 aliphatic carbocycles. The summed E-state index contributed by atoms with van der Waals surface area (Å²) in [6, 6.07) is 2.69. The number of piperazine rings is 1. The van der Waals surface area contributed by atoms with Crippen LogP contribution < -0.4 is 5.32 Å². The van der Waals surface area contributed by atoms with Gasteiger partial charge in [-0.15, -0.1) is 0 Å². The first-order valence-electron chi connectivity index (χ1n) is 6.74. The second kappa shape index (κ2) is 5.69. The third-order valence-electron chi connectivity index (χ3n) is 3.67. The van der Waals surface area contributed by atoms with E-state index in [-0.39, 0.29) is 0 Å². The van der Waals surface area contributed by atoms with Crippen molar-refractivity contribution in [1.29, 1.82) is 0 Å². The van der Waals surface area contributed by atoms with Crippen LogP contribution in [-0.2, 0) is 0 Å². The first kappa shape index (κ1) is 12.7. The van der Waals surface area contributed by atoms with Gasteiger partial charge in [0.15, 0.2) is 0 Å². The van der Waals surface area contributed by atoms with Crippen molar-refractivity contribution in [2.45, 2.75) is 39.7 Å². The lowest BCUT2D eigenvalue weighted by atomic mass is 10.1. The Bertz CT molecular complexity index is 334. The lowest BCUT2D eigenvalue weighted by molar-refractivity contribution is 0.145. The number of hydrogen-bond acceptors (Lipinski definition) is 3. The molecule has 3 nitrogen and oxygen atoms in total. The van der Waals surface area contributed by atoms with E-state index in [9.17, 15) is 0 Å². The Morgan fingerprint density at radius 1 is 1.35 bits per heavy atom. The van der Waals surface area contributed by atoms with Crippen LogP contribution in [-0.4, -0.2) is 31.1 Å². The van der Waals surface area contributed by atoms with Crippen molar-refractivity contribution in [3.8, 4) is 0 Å². The van der Waals surface area contributed by atoms with Crippen LogP contribution >= 0.6 is 0 Å². The van der Waals surface area contributed by atoms with E-state index in [1.807, 2.05) is 0 Å². The van der Waals surface area contributed by atoms with E-state index in [4.69, 9.17) is 4.42 Å². The Morgan fingerprint density at radius 2 is 2.06 bits per heavy atom. The summed E-state index contributed by atoms with van der Waals surface area (Å²) in [5.41, 5.74) is 1.27. The van der Waals surface area contributed by atoms with Crippen molar-refractivity contribution in [3.63, 3.8) is 0 Å². The summed E-state index contributed by atoms with van der Waals surface area (Å²) >= 11 is 0. The van der Waals surface area contributed by atoms with Gasteiger partial charge in [-0.05, 0) is 31.9 Å². The van der Waals surface area contributed by atoms with Gasteiger partial charge in [0.25, 0.3) is 0 Å². The molecule has 0 amide bonds. The summed E-state index contributed by atoms with van der Waals surface area (Å²) in [5, 5.41) is 3.41. The van der Waals surface area contributed by atoms with Crippen LogP contribution in [0.15, 0.2) is 10.5 Å². The molecule has 1 fully saturated rings. The minimum absolute atomic E-state index is 0.467. The molecule has 1 aliphatic rings. The highest BCUT2D eigenvalue weighted by Gasteiger charge is 2.24. The molecule has 3 heteroatoms. The van der Waals surface area contributed by atoms with E-state index in [0.29, 0.717) is 6.04 Å². The zero-order chi connectivity index (χ0) is 12.3. The molecule has 1 aromatic heterocycles. The highest BCUT2D eigenvalue weighted by atomic mass is 16.3. The molecule has 0 radical (unpaired) electrons. The van der Waals surface area contributed by atoms with Crippen LogP contribution in [0.5, 0.6) is 0 Å². The van der Waals surface area contributed by atoms with Crippen LogP contribution in [0.3, 0.4) is 0 Å². The summed E-state index contributed by atoms with van der Waals surface area (Å²) in [5.74, 6) is 2.22. The minimum atomic E-state index is 0.467. The maximum Gasteiger partial charge on any atom is 0.121 e. The predicted molar refractivity (Wildman–Crippen MR) is 70.3 cm³/mol. The maximum atomic E-state index is 5.92. The fourth-order valence-corrected chi connectivity index (χ4v) is 2.54. The molecule has 0 bridgehead atoms. The number of furan rings is 1. The Labute approximate surface area is 104 Å². The first-order chi connectivity index (χ1) is 8.22. The number of rotatable bonds is 4. The van der Waals surface area contributed by atoms with E-state index in [2.05, 4.69) is 37.1 Å². The van der Waals surface area contributed by atoms with E-state index >= 15 is 0 Å². The summed E-state index contributed by atoms with van der Waals surface area (Å²) in [4.78, 5) is 2.55. The van der Waals surface area contributed by atoms with Crippen LogP contribution in [0.1, 0.15) is 42.9 Å². The molecule has 1 N–H and O–H groups in total. The molecule has 2 heterocycles. The summed E-state index contributed by atoms with van der Waals surface area (Å²) in [7, 11) is 0. The summed E-state index contributed by atoms with van der Waals surface area (Å²) < 4.78 is 5.92. The standard InChI is InChI=1S/C14H24N2O/c1-4-5-13(16-8-6-15-7-9-16)14-10-11(2)12(3)17-14/h10,13,15H,4-9H2,1-3H3/t13-/m1/s1. The van der Waals surface area contributed by atoms with Gasteiger partial charge in [-0.3, -0.25) is 4.90 Å². The average Bonchev–Trinajstić information content (AvgIpc) is 2.67. The molecule has 0 aromatic carbocycles.